The van der Waals surface area contributed by atoms with Crippen LogP contribution in [-0.4, -0.2) is 19.9 Å². The van der Waals surface area contributed by atoms with Crippen LogP contribution in [0.4, 0.5) is 0 Å². The molecule has 0 radical (unpaired) electrons. The fourth-order valence-electron chi connectivity index (χ4n) is 0.859. The topological polar surface area (TPSA) is 54.5 Å². The summed E-state index contributed by atoms with van der Waals surface area (Å²) in [7, 11) is 0. The maximum atomic E-state index is 4.08. The van der Waals surface area contributed by atoms with Crippen LogP contribution < -0.4 is 0 Å². The van der Waals surface area contributed by atoms with Gasteiger partial charge in [-0.05, 0) is 6.92 Å². The van der Waals surface area contributed by atoms with Crippen LogP contribution in [0.2, 0.25) is 0 Å². The summed E-state index contributed by atoms with van der Waals surface area (Å²) in [6.45, 7) is 1.88. The Labute approximate surface area is 57.3 Å². The van der Waals surface area contributed by atoms with Crippen LogP contribution in [0.3, 0.4) is 0 Å². The Morgan fingerprint density at radius 3 is 2.90 bits per heavy atom. The van der Waals surface area contributed by atoms with Gasteiger partial charge >= 0.3 is 0 Å². The van der Waals surface area contributed by atoms with E-state index < -0.39 is 0 Å². The van der Waals surface area contributed by atoms with Gasteiger partial charge in [-0.25, -0.2) is 15.0 Å². The molecule has 0 amide bonds. The van der Waals surface area contributed by atoms with Gasteiger partial charge in [0.2, 0.25) is 0 Å². The molecule has 2 rings (SSSR count). The minimum Gasteiger partial charge on any atom is -0.325 e. The summed E-state index contributed by atoms with van der Waals surface area (Å²) in [5.41, 5.74) is 1.43. The summed E-state index contributed by atoms with van der Waals surface area (Å²) in [6.07, 6.45) is 3.27. The van der Waals surface area contributed by atoms with Crippen molar-refractivity contribution in [3.63, 3.8) is 0 Å². The first kappa shape index (κ1) is 5.34. The third kappa shape index (κ3) is 0.655. The smallest absolute Gasteiger partial charge is 0.197 e. The van der Waals surface area contributed by atoms with Crippen LogP contribution in [0.1, 0.15) is 5.82 Å². The van der Waals surface area contributed by atoms with Gasteiger partial charge in [0, 0.05) is 12.4 Å². The average Bonchev–Trinajstić information content (AvgIpc) is 2.27. The Hall–Kier alpha value is -1.45. The predicted molar refractivity (Wildman–Crippen MR) is 36.4 cm³/mol. The molecule has 2 heterocycles. The molecule has 0 saturated heterocycles. The van der Waals surface area contributed by atoms with Crippen LogP contribution in [0, 0.1) is 6.92 Å². The monoisotopic (exact) mass is 134 g/mol. The summed E-state index contributed by atoms with van der Waals surface area (Å²) in [5, 5.41) is 0. The third-order valence-electron chi connectivity index (χ3n) is 1.25. The van der Waals surface area contributed by atoms with Gasteiger partial charge in [0.15, 0.2) is 11.3 Å². The molecule has 50 valence electrons. The van der Waals surface area contributed by atoms with Gasteiger partial charge < -0.3 is 4.98 Å². The number of imidazole rings is 1. The van der Waals surface area contributed by atoms with Gasteiger partial charge in [0.1, 0.15) is 5.82 Å². The Morgan fingerprint density at radius 1 is 1.30 bits per heavy atom. The lowest BCUT2D eigenvalue weighted by molar-refractivity contribution is 1.16. The van der Waals surface area contributed by atoms with Gasteiger partial charge in [-0.15, -0.1) is 0 Å². The van der Waals surface area contributed by atoms with E-state index in [2.05, 4.69) is 19.9 Å². The lowest BCUT2D eigenvalue weighted by Gasteiger charge is -1.80. The minimum atomic E-state index is 0.681. The summed E-state index contributed by atoms with van der Waals surface area (Å²) in [4.78, 5) is 15.1. The zero-order chi connectivity index (χ0) is 6.97. The molecule has 0 atom stereocenters. The highest BCUT2D eigenvalue weighted by atomic mass is 15.0. The first-order valence-corrected chi connectivity index (χ1v) is 2.99. The van der Waals surface area contributed by atoms with E-state index in [1.165, 1.54) is 0 Å². The molecule has 0 saturated carbocycles. The standard InChI is InChI=1S/C6H6N4/c1-4-9-5-6(10-4)8-3-2-7-5/h2-3H,1H3,(H,7,8,9,10). The summed E-state index contributed by atoms with van der Waals surface area (Å²) >= 11 is 0. The maximum Gasteiger partial charge on any atom is 0.197 e. The molecule has 0 aromatic carbocycles. The Balaban J connectivity index is 2.88. The zero-order valence-electron chi connectivity index (χ0n) is 5.50. The van der Waals surface area contributed by atoms with Gasteiger partial charge in [-0.1, -0.05) is 0 Å². The van der Waals surface area contributed by atoms with Gasteiger partial charge in [-0.2, -0.15) is 0 Å². The average molecular weight is 134 g/mol. The van der Waals surface area contributed by atoms with Crippen molar-refractivity contribution in [3.8, 4) is 0 Å². The number of fused-ring (bicyclic) bond motifs is 1. The van der Waals surface area contributed by atoms with Crippen molar-refractivity contribution in [3.05, 3.63) is 18.2 Å². The molecule has 0 spiro atoms. The third-order valence-corrected chi connectivity index (χ3v) is 1.25. The predicted octanol–water partition coefficient (Wildman–Crippen LogP) is 0.661. The van der Waals surface area contributed by atoms with Crippen molar-refractivity contribution in [1.29, 1.82) is 0 Å². The number of nitrogens with one attached hydrogen (secondary N) is 1. The minimum absolute atomic E-state index is 0.681. The van der Waals surface area contributed by atoms with E-state index in [4.69, 9.17) is 0 Å². The highest BCUT2D eigenvalue weighted by Crippen LogP contribution is 2.01. The molecule has 4 nitrogen and oxygen atoms in total. The lowest BCUT2D eigenvalue weighted by atomic mass is 10.7. The Bertz CT molecular complexity index is 318. The van der Waals surface area contributed by atoms with Crippen LogP contribution in [-0.2, 0) is 0 Å². The molecule has 0 aliphatic rings. The second-order valence-electron chi connectivity index (χ2n) is 2.05. The molecule has 0 bridgehead atoms. The Morgan fingerprint density at radius 2 is 2.10 bits per heavy atom. The number of H-pyrrole nitrogens is 1. The SMILES string of the molecule is Cc1nc2nccnc2[nH]1. The second kappa shape index (κ2) is 1.76. The highest BCUT2D eigenvalue weighted by molar-refractivity contribution is 5.64. The summed E-state index contributed by atoms with van der Waals surface area (Å²) < 4.78 is 0. The molecule has 0 aliphatic heterocycles. The molecule has 2 aromatic rings. The lowest BCUT2D eigenvalue weighted by Crippen LogP contribution is -1.77. The summed E-state index contributed by atoms with van der Waals surface area (Å²) in [6, 6.07) is 0. The number of aromatic amines is 1. The maximum absolute atomic E-state index is 4.08. The molecule has 4 heteroatoms. The first-order chi connectivity index (χ1) is 4.86. The highest BCUT2D eigenvalue weighted by Gasteiger charge is 1.97. The molecular formula is C6H6N4. The van der Waals surface area contributed by atoms with Gasteiger partial charge in [0.05, 0.1) is 0 Å². The van der Waals surface area contributed by atoms with E-state index in [1.807, 2.05) is 6.92 Å². The second-order valence-corrected chi connectivity index (χ2v) is 2.05. The number of nitrogens with zero attached hydrogens (tertiary/aromatic N) is 3. The van der Waals surface area contributed by atoms with E-state index in [9.17, 15) is 0 Å². The van der Waals surface area contributed by atoms with E-state index in [0.29, 0.717) is 5.65 Å². The largest absolute Gasteiger partial charge is 0.325 e. The molecule has 0 aliphatic carbocycles. The molecule has 0 fully saturated rings. The van der Waals surface area contributed by atoms with Crippen LogP contribution in [0.15, 0.2) is 12.4 Å². The molecule has 10 heavy (non-hydrogen) atoms. The Kier molecular flexibility index (Phi) is 0.943. The van der Waals surface area contributed by atoms with Crippen molar-refractivity contribution >= 4 is 11.3 Å². The van der Waals surface area contributed by atoms with Crippen LogP contribution >= 0.6 is 0 Å². The van der Waals surface area contributed by atoms with Gasteiger partial charge in [0.25, 0.3) is 0 Å². The summed E-state index contributed by atoms with van der Waals surface area (Å²) in [5.74, 6) is 0.848. The molecular weight excluding hydrogens is 128 g/mol. The van der Waals surface area contributed by atoms with Gasteiger partial charge in [-0.3, -0.25) is 0 Å². The number of hydrogen-bond acceptors (Lipinski definition) is 3. The number of hydrogen-bond donors (Lipinski definition) is 1. The van der Waals surface area contributed by atoms with Crippen LogP contribution in [0.5, 0.6) is 0 Å². The molecule has 0 unspecified atom stereocenters. The first-order valence-electron chi connectivity index (χ1n) is 2.99. The van der Waals surface area contributed by atoms with Crippen molar-refractivity contribution < 1.29 is 0 Å². The van der Waals surface area contributed by atoms with E-state index in [-0.39, 0.29) is 0 Å². The van der Waals surface area contributed by atoms with Crippen molar-refractivity contribution in [2.45, 2.75) is 6.92 Å². The van der Waals surface area contributed by atoms with Crippen LogP contribution in [0.25, 0.3) is 11.3 Å². The number of aromatic nitrogens is 4. The van der Waals surface area contributed by atoms with E-state index in [1.54, 1.807) is 12.4 Å². The quantitative estimate of drug-likeness (QED) is 0.575. The zero-order valence-corrected chi connectivity index (χ0v) is 5.50. The number of rotatable bonds is 0. The molecule has 1 N–H and O–H groups in total. The van der Waals surface area contributed by atoms with Crippen molar-refractivity contribution in [1.82, 2.24) is 19.9 Å². The fourth-order valence-corrected chi connectivity index (χ4v) is 0.859. The number of aryl methyl sites for hydroxylation is 1. The fraction of sp³-hybridized carbons (Fsp3) is 0.167. The molecule has 2 aromatic heterocycles. The van der Waals surface area contributed by atoms with E-state index in [0.717, 1.165) is 11.5 Å². The normalized spacial score (nSPS) is 10.5. The van der Waals surface area contributed by atoms with Crippen molar-refractivity contribution in [2.24, 2.45) is 0 Å². The van der Waals surface area contributed by atoms with Crippen molar-refractivity contribution in [2.75, 3.05) is 0 Å². The van der Waals surface area contributed by atoms with E-state index >= 15 is 0 Å².